The minimum absolute atomic E-state index is 1.07. The molecule has 0 aromatic carbocycles. The van der Waals surface area contributed by atoms with Gasteiger partial charge in [0.15, 0.2) is 0 Å². The average molecular weight is 189 g/mol. The fraction of sp³-hybridized carbons (Fsp3) is 0.273. The van der Waals surface area contributed by atoms with Crippen molar-refractivity contribution in [3.05, 3.63) is 36.3 Å². The number of hydrogen-bond donors (Lipinski definition) is 1. The molecule has 0 spiro atoms. The van der Waals surface area contributed by atoms with Gasteiger partial charge in [-0.25, -0.2) is 0 Å². The molecule has 2 aromatic rings. The zero-order valence-electron chi connectivity index (χ0n) is 8.78. The van der Waals surface area contributed by atoms with Crippen LogP contribution in [0.25, 0.3) is 11.3 Å². The molecule has 2 rings (SSSR count). The molecule has 0 radical (unpaired) electrons. The third kappa shape index (κ3) is 2.19. The van der Waals surface area contributed by atoms with E-state index in [-0.39, 0.29) is 0 Å². The Hall–Kier alpha value is -1.64. The number of aromatic nitrogens is 3. The summed E-state index contributed by atoms with van der Waals surface area (Å²) in [6.45, 7) is 6.03. The Bertz CT molecular complexity index is 365. The van der Waals surface area contributed by atoms with Crippen molar-refractivity contribution in [3.63, 3.8) is 0 Å². The average Bonchev–Trinajstić information content (AvgIpc) is 2.69. The second-order valence-electron chi connectivity index (χ2n) is 2.66. The molecule has 0 aliphatic heterocycles. The van der Waals surface area contributed by atoms with Crippen LogP contribution in [-0.4, -0.2) is 15.2 Å². The van der Waals surface area contributed by atoms with Gasteiger partial charge in [-0.05, 0) is 24.6 Å². The fourth-order valence-electron chi connectivity index (χ4n) is 1.16. The number of rotatable bonds is 1. The van der Waals surface area contributed by atoms with Gasteiger partial charge in [0.05, 0.1) is 11.9 Å². The first-order valence-corrected chi connectivity index (χ1v) is 4.78. The van der Waals surface area contributed by atoms with E-state index in [0.29, 0.717) is 0 Å². The summed E-state index contributed by atoms with van der Waals surface area (Å²) in [6.07, 6.45) is 5.36. The molecule has 0 fully saturated rings. The van der Waals surface area contributed by atoms with Crippen LogP contribution in [0.15, 0.2) is 30.7 Å². The summed E-state index contributed by atoms with van der Waals surface area (Å²) < 4.78 is 0. The van der Waals surface area contributed by atoms with E-state index < -0.39 is 0 Å². The van der Waals surface area contributed by atoms with E-state index >= 15 is 0 Å². The lowest BCUT2D eigenvalue weighted by molar-refractivity contribution is 1.09. The molecular formula is C11H15N3. The van der Waals surface area contributed by atoms with Crippen molar-refractivity contribution in [1.29, 1.82) is 0 Å². The van der Waals surface area contributed by atoms with E-state index in [9.17, 15) is 0 Å². The van der Waals surface area contributed by atoms with E-state index in [4.69, 9.17) is 0 Å². The van der Waals surface area contributed by atoms with Gasteiger partial charge in [-0.3, -0.25) is 10.1 Å². The standard InChI is InChI=1S/C9H9N3.C2H6/c1-7-6-11-12-9(7)8-2-4-10-5-3-8;1-2/h2-6H,1H3,(H,11,12);1-2H3. The zero-order valence-corrected chi connectivity index (χ0v) is 8.78. The maximum atomic E-state index is 3.95. The van der Waals surface area contributed by atoms with E-state index in [2.05, 4.69) is 15.2 Å². The molecular weight excluding hydrogens is 174 g/mol. The topological polar surface area (TPSA) is 41.6 Å². The minimum Gasteiger partial charge on any atom is -0.278 e. The van der Waals surface area contributed by atoms with Crippen molar-refractivity contribution >= 4 is 0 Å². The molecule has 0 aliphatic carbocycles. The zero-order chi connectivity index (χ0) is 10.4. The Morgan fingerprint density at radius 2 is 1.79 bits per heavy atom. The molecule has 0 aliphatic rings. The van der Waals surface area contributed by atoms with Crippen LogP contribution in [-0.2, 0) is 0 Å². The summed E-state index contributed by atoms with van der Waals surface area (Å²) >= 11 is 0. The van der Waals surface area contributed by atoms with Gasteiger partial charge in [0.1, 0.15) is 0 Å². The highest BCUT2D eigenvalue weighted by molar-refractivity contribution is 5.61. The Labute approximate surface area is 84.2 Å². The van der Waals surface area contributed by atoms with Crippen LogP contribution in [0.5, 0.6) is 0 Å². The van der Waals surface area contributed by atoms with Gasteiger partial charge in [-0.1, -0.05) is 13.8 Å². The first-order valence-electron chi connectivity index (χ1n) is 4.78. The molecule has 0 atom stereocenters. The lowest BCUT2D eigenvalue weighted by Gasteiger charge is -1.96. The number of H-pyrrole nitrogens is 1. The number of aryl methyl sites for hydroxylation is 1. The van der Waals surface area contributed by atoms with Crippen LogP contribution in [0.2, 0.25) is 0 Å². The van der Waals surface area contributed by atoms with Crippen molar-refractivity contribution in [2.75, 3.05) is 0 Å². The second-order valence-corrected chi connectivity index (χ2v) is 2.66. The number of nitrogens with zero attached hydrogens (tertiary/aromatic N) is 2. The van der Waals surface area contributed by atoms with Crippen LogP contribution >= 0.6 is 0 Å². The highest BCUT2D eigenvalue weighted by Gasteiger charge is 2.01. The lowest BCUT2D eigenvalue weighted by Crippen LogP contribution is -1.80. The Morgan fingerprint density at radius 1 is 1.14 bits per heavy atom. The molecule has 0 saturated heterocycles. The van der Waals surface area contributed by atoms with Crippen molar-refractivity contribution in [2.24, 2.45) is 0 Å². The van der Waals surface area contributed by atoms with Crippen LogP contribution in [0.3, 0.4) is 0 Å². The quantitative estimate of drug-likeness (QED) is 0.749. The highest BCUT2D eigenvalue weighted by Crippen LogP contribution is 2.18. The number of pyridine rings is 1. The van der Waals surface area contributed by atoms with E-state index in [1.54, 1.807) is 12.4 Å². The van der Waals surface area contributed by atoms with E-state index in [0.717, 1.165) is 16.8 Å². The molecule has 3 nitrogen and oxygen atoms in total. The van der Waals surface area contributed by atoms with Gasteiger partial charge in [0.2, 0.25) is 0 Å². The van der Waals surface area contributed by atoms with Gasteiger partial charge < -0.3 is 0 Å². The number of hydrogen-bond acceptors (Lipinski definition) is 2. The van der Waals surface area contributed by atoms with Crippen molar-refractivity contribution in [1.82, 2.24) is 15.2 Å². The first kappa shape index (κ1) is 10.4. The van der Waals surface area contributed by atoms with Gasteiger partial charge >= 0.3 is 0 Å². The van der Waals surface area contributed by atoms with Crippen LogP contribution in [0, 0.1) is 6.92 Å². The van der Waals surface area contributed by atoms with Crippen LogP contribution in [0.1, 0.15) is 19.4 Å². The molecule has 2 heterocycles. The Balaban J connectivity index is 0.000000461. The normalized spacial score (nSPS) is 9.07. The Kier molecular flexibility index (Phi) is 3.85. The molecule has 0 amide bonds. The second kappa shape index (κ2) is 5.17. The third-order valence-corrected chi connectivity index (χ3v) is 1.80. The maximum Gasteiger partial charge on any atom is 0.0680 e. The summed E-state index contributed by atoms with van der Waals surface area (Å²) in [7, 11) is 0. The minimum atomic E-state index is 1.07. The van der Waals surface area contributed by atoms with Crippen LogP contribution in [0.4, 0.5) is 0 Å². The summed E-state index contributed by atoms with van der Waals surface area (Å²) in [5, 5.41) is 6.90. The molecule has 0 unspecified atom stereocenters. The summed E-state index contributed by atoms with van der Waals surface area (Å²) in [5.74, 6) is 0. The Morgan fingerprint density at radius 3 is 2.29 bits per heavy atom. The van der Waals surface area contributed by atoms with Gasteiger partial charge in [0, 0.05) is 18.0 Å². The molecule has 74 valence electrons. The van der Waals surface area contributed by atoms with Crippen LogP contribution < -0.4 is 0 Å². The van der Waals surface area contributed by atoms with E-state index in [1.807, 2.05) is 39.1 Å². The maximum absolute atomic E-state index is 3.95. The summed E-state index contributed by atoms with van der Waals surface area (Å²) in [5.41, 5.74) is 3.35. The smallest absolute Gasteiger partial charge is 0.0680 e. The fourth-order valence-corrected chi connectivity index (χ4v) is 1.16. The van der Waals surface area contributed by atoms with Gasteiger partial charge in [-0.15, -0.1) is 0 Å². The molecule has 14 heavy (non-hydrogen) atoms. The number of aromatic amines is 1. The van der Waals surface area contributed by atoms with Crippen molar-refractivity contribution in [3.8, 4) is 11.3 Å². The van der Waals surface area contributed by atoms with Gasteiger partial charge in [0.25, 0.3) is 0 Å². The SMILES string of the molecule is CC.Cc1cn[nH]c1-c1ccncc1. The third-order valence-electron chi connectivity index (χ3n) is 1.80. The predicted octanol–water partition coefficient (Wildman–Crippen LogP) is 2.81. The van der Waals surface area contributed by atoms with Crippen molar-refractivity contribution < 1.29 is 0 Å². The summed E-state index contributed by atoms with van der Waals surface area (Å²) in [6, 6.07) is 3.92. The highest BCUT2D eigenvalue weighted by atomic mass is 15.1. The molecule has 0 saturated carbocycles. The number of nitrogens with one attached hydrogen (secondary N) is 1. The molecule has 0 bridgehead atoms. The summed E-state index contributed by atoms with van der Waals surface area (Å²) in [4.78, 5) is 3.95. The van der Waals surface area contributed by atoms with Gasteiger partial charge in [-0.2, -0.15) is 5.10 Å². The lowest BCUT2D eigenvalue weighted by atomic mass is 10.1. The largest absolute Gasteiger partial charge is 0.278 e. The van der Waals surface area contributed by atoms with Crippen molar-refractivity contribution in [2.45, 2.75) is 20.8 Å². The first-order chi connectivity index (χ1) is 6.88. The van der Waals surface area contributed by atoms with E-state index in [1.165, 1.54) is 0 Å². The molecule has 2 aromatic heterocycles. The molecule has 3 heteroatoms. The molecule has 1 N–H and O–H groups in total. The monoisotopic (exact) mass is 189 g/mol. The predicted molar refractivity (Wildman–Crippen MR) is 57.9 cm³/mol.